The second kappa shape index (κ2) is 11.4. The Balaban J connectivity index is 1.47. The molecule has 1 atom stereocenters. The van der Waals surface area contributed by atoms with Gasteiger partial charge in [0.25, 0.3) is 0 Å². The third-order valence-corrected chi connectivity index (χ3v) is 6.07. The maximum absolute atomic E-state index is 14.1. The second-order valence-corrected chi connectivity index (χ2v) is 9.06. The van der Waals surface area contributed by atoms with Crippen molar-refractivity contribution in [3.63, 3.8) is 0 Å². The Kier molecular flexibility index (Phi) is 7.60. The summed E-state index contributed by atoms with van der Waals surface area (Å²) in [5.41, 5.74) is 0.500. The quantitative estimate of drug-likeness (QED) is 0.308. The Morgan fingerprint density at radius 1 is 1.00 bits per heavy atom. The summed E-state index contributed by atoms with van der Waals surface area (Å²) >= 11 is 0. The van der Waals surface area contributed by atoms with Gasteiger partial charge in [-0.15, -0.1) is 0 Å². The zero-order chi connectivity index (χ0) is 28.1. The number of nitrogens with zero attached hydrogens (tertiary/aromatic N) is 3. The summed E-state index contributed by atoms with van der Waals surface area (Å²) in [5.74, 6) is 5.86. The molecule has 0 spiro atoms. The fraction of sp³-hybridized carbons (Fsp3) is 0.161. The molecule has 200 valence electrons. The van der Waals surface area contributed by atoms with Gasteiger partial charge in [-0.1, -0.05) is 60.4 Å². The van der Waals surface area contributed by atoms with Crippen LogP contribution in [0.25, 0.3) is 17.0 Å². The molecule has 9 heteroatoms. The molecule has 0 aliphatic heterocycles. The topological polar surface area (TPSA) is 80.8 Å². The van der Waals surface area contributed by atoms with Crippen LogP contribution in [0, 0.1) is 24.7 Å². The van der Waals surface area contributed by atoms with Crippen molar-refractivity contribution >= 4 is 5.57 Å². The van der Waals surface area contributed by atoms with E-state index >= 15 is 0 Å². The molecule has 0 amide bonds. The maximum atomic E-state index is 14.1. The van der Waals surface area contributed by atoms with Crippen molar-refractivity contribution in [1.82, 2.24) is 19.9 Å². The van der Waals surface area contributed by atoms with Crippen molar-refractivity contribution < 1.29 is 17.9 Å². The summed E-state index contributed by atoms with van der Waals surface area (Å²) in [5, 5.41) is 0. The van der Waals surface area contributed by atoms with E-state index < -0.39 is 17.4 Å². The van der Waals surface area contributed by atoms with E-state index in [0.717, 1.165) is 17.3 Å². The Morgan fingerprint density at radius 3 is 2.52 bits per heavy atom. The van der Waals surface area contributed by atoms with E-state index in [1.165, 1.54) is 12.1 Å². The van der Waals surface area contributed by atoms with Gasteiger partial charge in [-0.2, -0.15) is 18.2 Å². The van der Waals surface area contributed by atoms with E-state index in [9.17, 15) is 18.0 Å². The van der Waals surface area contributed by atoms with Gasteiger partial charge in [-0.3, -0.25) is 9.97 Å². The first kappa shape index (κ1) is 26.6. The second-order valence-electron chi connectivity index (χ2n) is 9.06. The lowest BCUT2D eigenvalue weighted by Gasteiger charge is -2.17. The average molecular weight is 541 g/mol. The summed E-state index contributed by atoms with van der Waals surface area (Å²) in [6.07, 6.45) is 1.21. The molecule has 0 radical (unpaired) electrons. The van der Waals surface area contributed by atoms with Crippen LogP contribution in [0.3, 0.4) is 0 Å². The fourth-order valence-corrected chi connectivity index (χ4v) is 4.19. The summed E-state index contributed by atoms with van der Waals surface area (Å²) < 4.78 is 48.0. The standard InChI is InChI=1S/C31H23F3N4O2/c1-20-7-5-10-24(35-20)19-40-26-12-6-11-25(31(32,33)34)27(26)29-36-28(37-30(39)38-29)23-17-15-22(16-18-23)14-13-21-8-3-2-4-9-21/h2-12,15,17-18,22H,16,19H2,1H3,(H,36,37,38,39). The van der Waals surface area contributed by atoms with Crippen LogP contribution in [-0.4, -0.2) is 19.9 Å². The number of aryl methyl sites for hydroxylation is 1. The molecule has 1 aliphatic rings. The first-order valence-corrected chi connectivity index (χ1v) is 12.5. The lowest BCUT2D eigenvalue weighted by Crippen LogP contribution is -2.18. The van der Waals surface area contributed by atoms with Crippen molar-refractivity contribution in [2.75, 3.05) is 0 Å². The van der Waals surface area contributed by atoms with Gasteiger partial charge in [0.1, 0.15) is 18.2 Å². The SMILES string of the molecule is Cc1cccc(COc2cccc(C(F)(F)F)c2-c2nc(C3=CCC(C#Cc4ccccc4)C=C3)nc(=O)[nH]2)n1. The van der Waals surface area contributed by atoms with Crippen LogP contribution in [0.1, 0.15) is 34.8 Å². The molecule has 0 bridgehead atoms. The lowest BCUT2D eigenvalue weighted by atomic mass is 9.96. The number of aromatic amines is 1. The van der Waals surface area contributed by atoms with Gasteiger partial charge >= 0.3 is 11.9 Å². The normalized spacial score (nSPS) is 14.7. The molecule has 4 aromatic rings. The molecule has 0 saturated heterocycles. The predicted octanol–water partition coefficient (Wildman–Crippen LogP) is 6.14. The van der Waals surface area contributed by atoms with E-state index in [0.29, 0.717) is 17.7 Å². The Bertz CT molecular complexity index is 1710. The third-order valence-electron chi connectivity index (χ3n) is 6.07. The van der Waals surface area contributed by atoms with Crippen LogP contribution in [0.4, 0.5) is 13.2 Å². The maximum Gasteiger partial charge on any atom is 0.417 e. The van der Waals surface area contributed by atoms with Crippen molar-refractivity contribution in [3.05, 3.63) is 124 Å². The molecule has 1 aliphatic carbocycles. The first-order chi connectivity index (χ1) is 19.3. The van der Waals surface area contributed by atoms with Gasteiger partial charge in [0.05, 0.1) is 16.8 Å². The first-order valence-electron chi connectivity index (χ1n) is 12.5. The fourth-order valence-electron chi connectivity index (χ4n) is 4.19. The van der Waals surface area contributed by atoms with E-state index in [1.807, 2.05) is 42.5 Å². The molecule has 1 N–H and O–H groups in total. The zero-order valence-electron chi connectivity index (χ0n) is 21.4. The molecule has 40 heavy (non-hydrogen) atoms. The van der Waals surface area contributed by atoms with E-state index in [2.05, 4.69) is 31.8 Å². The van der Waals surface area contributed by atoms with Gasteiger partial charge in [0.15, 0.2) is 5.82 Å². The van der Waals surface area contributed by atoms with Crippen molar-refractivity contribution in [3.8, 4) is 29.0 Å². The van der Waals surface area contributed by atoms with Gasteiger partial charge < -0.3 is 4.74 Å². The monoisotopic (exact) mass is 540 g/mol. The Labute approximate surface area is 228 Å². The summed E-state index contributed by atoms with van der Waals surface area (Å²) in [6.45, 7) is 1.73. The molecule has 2 aromatic carbocycles. The molecule has 2 heterocycles. The minimum absolute atomic E-state index is 0.00717. The van der Waals surface area contributed by atoms with Crippen LogP contribution in [0.5, 0.6) is 5.75 Å². The Morgan fingerprint density at radius 2 is 1.80 bits per heavy atom. The number of pyridine rings is 1. The number of hydrogen-bond acceptors (Lipinski definition) is 5. The number of H-pyrrole nitrogens is 1. The number of nitrogens with one attached hydrogen (secondary N) is 1. The molecule has 0 fully saturated rings. The predicted molar refractivity (Wildman–Crippen MR) is 145 cm³/mol. The van der Waals surface area contributed by atoms with Crippen molar-refractivity contribution in [2.24, 2.45) is 5.92 Å². The van der Waals surface area contributed by atoms with Crippen molar-refractivity contribution in [2.45, 2.75) is 26.1 Å². The van der Waals surface area contributed by atoms with Gasteiger partial charge in [0, 0.05) is 22.7 Å². The van der Waals surface area contributed by atoms with Crippen LogP contribution in [0.15, 0.2) is 89.8 Å². The summed E-state index contributed by atoms with van der Waals surface area (Å²) in [7, 11) is 0. The molecule has 5 rings (SSSR count). The van der Waals surface area contributed by atoms with Gasteiger partial charge in [0.2, 0.25) is 0 Å². The molecule has 6 nitrogen and oxygen atoms in total. The van der Waals surface area contributed by atoms with E-state index in [-0.39, 0.29) is 35.5 Å². The van der Waals surface area contributed by atoms with Gasteiger partial charge in [-0.05, 0) is 49.7 Å². The van der Waals surface area contributed by atoms with E-state index in [4.69, 9.17) is 4.74 Å². The minimum Gasteiger partial charge on any atom is -0.487 e. The molecule has 2 aromatic heterocycles. The van der Waals surface area contributed by atoms with Crippen LogP contribution >= 0.6 is 0 Å². The molecular formula is C31H23F3N4O2. The third kappa shape index (κ3) is 6.35. The number of ether oxygens (including phenoxy) is 1. The minimum atomic E-state index is -4.73. The Hall–Kier alpha value is -4.97. The average Bonchev–Trinajstić information content (AvgIpc) is 2.95. The highest BCUT2D eigenvalue weighted by atomic mass is 19.4. The van der Waals surface area contributed by atoms with E-state index in [1.54, 1.807) is 31.2 Å². The zero-order valence-corrected chi connectivity index (χ0v) is 21.4. The largest absolute Gasteiger partial charge is 0.487 e. The molecule has 0 saturated carbocycles. The van der Waals surface area contributed by atoms with Crippen LogP contribution in [-0.2, 0) is 12.8 Å². The van der Waals surface area contributed by atoms with Gasteiger partial charge in [-0.25, -0.2) is 9.78 Å². The highest BCUT2D eigenvalue weighted by Crippen LogP contribution is 2.41. The number of rotatable bonds is 5. The lowest BCUT2D eigenvalue weighted by molar-refractivity contribution is -0.137. The summed E-state index contributed by atoms with van der Waals surface area (Å²) in [4.78, 5) is 27.5. The van der Waals surface area contributed by atoms with Crippen LogP contribution < -0.4 is 10.4 Å². The number of hydrogen-bond donors (Lipinski definition) is 1. The smallest absolute Gasteiger partial charge is 0.417 e. The van der Waals surface area contributed by atoms with Crippen molar-refractivity contribution in [1.29, 1.82) is 0 Å². The highest BCUT2D eigenvalue weighted by molar-refractivity contribution is 5.74. The number of halogens is 3. The molecule has 1 unspecified atom stereocenters. The highest BCUT2D eigenvalue weighted by Gasteiger charge is 2.36. The van der Waals surface area contributed by atoms with Crippen LogP contribution in [0.2, 0.25) is 0 Å². The number of allylic oxidation sites excluding steroid dienone is 4. The summed E-state index contributed by atoms with van der Waals surface area (Å²) in [6, 6.07) is 18.4. The molecular weight excluding hydrogens is 517 g/mol. The number of alkyl halides is 3. The number of aromatic nitrogens is 4. The number of benzene rings is 2.